The van der Waals surface area contributed by atoms with Crippen LogP contribution in [0.3, 0.4) is 0 Å². The molecule has 0 unspecified atom stereocenters. The molecule has 0 radical (unpaired) electrons. The van der Waals surface area contributed by atoms with Crippen molar-refractivity contribution in [3.05, 3.63) is 81.1 Å². The Morgan fingerprint density at radius 1 is 1.12 bits per heavy atom. The van der Waals surface area contributed by atoms with Crippen molar-refractivity contribution in [1.82, 2.24) is 9.78 Å². The molecule has 1 heterocycles. The van der Waals surface area contributed by atoms with Gasteiger partial charge in [-0.15, -0.1) is 0 Å². The van der Waals surface area contributed by atoms with Gasteiger partial charge >= 0.3 is 0 Å². The van der Waals surface area contributed by atoms with Crippen LogP contribution in [0.25, 0.3) is 0 Å². The number of nitrogens with one attached hydrogen (secondary N) is 1. The van der Waals surface area contributed by atoms with Gasteiger partial charge in [-0.25, -0.2) is 0 Å². The van der Waals surface area contributed by atoms with Gasteiger partial charge in [0.25, 0.3) is 5.91 Å². The maximum atomic E-state index is 12.5. The van der Waals surface area contributed by atoms with Crippen LogP contribution in [0.5, 0.6) is 0 Å². The van der Waals surface area contributed by atoms with Gasteiger partial charge in [-0.2, -0.15) is 5.10 Å². The van der Waals surface area contributed by atoms with E-state index in [4.69, 9.17) is 0 Å². The molecule has 0 saturated heterocycles. The Balaban J connectivity index is 1.77. The molecule has 0 atom stereocenters. The van der Waals surface area contributed by atoms with E-state index in [0.29, 0.717) is 12.1 Å². The average Bonchev–Trinajstić information content (AvgIpc) is 2.88. The number of hydrogen-bond acceptors (Lipinski definition) is 2. The highest BCUT2D eigenvalue weighted by Crippen LogP contribution is 2.21. The van der Waals surface area contributed by atoms with Gasteiger partial charge in [0.1, 0.15) is 0 Å². The van der Waals surface area contributed by atoms with Crippen molar-refractivity contribution in [1.29, 1.82) is 0 Å². The van der Waals surface area contributed by atoms with Crippen LogP contribution in [0.2, 0.25) is 0 Å². The largest absolute Gasteiger partial charge is 0.322 e. The normalized spacial score (nSPS) is 10.7. The van der Waals surface area contributed by atoms with Crippen LogP contribution in [0.1, 0.15) is 32.9 Å². The van der Waals surface area contributed by atoms with Gasteiger partial charge < -0.3 is 5.32 Å². The highest BCUT2D eigenvalue weighted by molar-refractivity contribution is 9.10. The van der Waals surface area contributed by atoms with Crippen molar-refractivity contribution < 1.29 is 4.79 Å². The molecule has 0 aliphatic rings. The molecule has 1 N–H and O–H groups in total. The number of hydrogen-bond donors (Lipinski definition) is 1. The molecule has 5 heteroatoms. The van der Waals surface area contributed by atoms with E-state index in [1.54, 1.807) is 0 Å². The van der Waals surface area contributed by atoms with E-state index in [-0.39, 0.29) is 5.91 Å². The Morgan fingerprint density at radius 3 is 2.60 bits per heavy atom. The van der Waals surface area contributed by atoms with E-state index >= 15 is 0 Å². The number of halogens is 1. The van der Waals surface area contributed by atoms with E-state index < -0.39 is 0 Å². The zero-order valence-electron chi connectivity index (χ0n) is 14.5. The van der Waals surface area contributed by atoms with E-state index in [9.17, 15) is 4.79 Å². The monoisotopic (exact) mass is 397 g/mol. The smallest absolute Gasteiger partial charge is 0.255 e. The first-order valence-electron chi connectivity index (χ1n) is 8.10. The predicted molar refractivity (Wildman–Crippen MR) is 104 cm³/mol. The molecule has 1 aromatic heterocycles. The number of anilines is 1. The molecule has 0 saturated carbocycles. The van der Waals surface area contributed by atoms with Gasteiger partial charge in [0, 0.05) is 21.4 Å². The fraction of sp³-hybridized carbons (Fsp3) is 0.200. The van der Waals surface area contributed by atoms with Crippen LogP contribution >= 0.6 is 15.9 Å². The summed E-state index contributed by atoms with van der Waals surface area (Å²) < 4.78 is 2.92. The minimum atomic E-state index is -0.119. The topological polar surface area (TPSA) is 46.9 Å². The molecule has 2 aromatic carbocycles. The quantitative estimate of drug-likeness (QED) is 0.682. The van der Waals surface area contributed by atoms with Crippen LogP contribution in [0.4, 0.5) is 5.69 Å². The Hall–Kier alpha value is -2.40. The summed E-state index contributed by atoms with van der Waals surface area (Å²) >= 11 is 3.49. The third-order valence-electron chi connectivity index (χ3n) is 4.05. The molecule has 4 nitrogen and oxygen atoms in total. The molecule has 0 spiro atoms. The van der Waals surface area contributed by atoms with Gasteiger partial charge in [0.2, 0.25) is 0 Å². The minimum Gasteiger partial charge on any atom is -0.322 e. The van der Waals surface area contributed by atoms with Crippen molar-refractivity contribution in [2.24, 2.45) is 0 Å². The number of amides is 1. The number of carbonyl (C=O) groups excluding carboxylic acids is 1. The summed E-state index contributed by atoms with van der Waals surface area (Å²) in [5, 5.41) is 7.42. The summed E-state index contributed by atoms with van der Waals surface area (Å²) in [6.45, 7) is 6.67. The SMILES string of the molecule is Cc1cc(C)n(Cc2cccc(C(=O)Nc3ccc(C)c(Br)c3)c2)n1. The van der Waals surface area contributed by atoms with Gasteiger partial charge in [0.15, 0.2) is 0 Å². The first-order valence-corrected chi connectivity index (χ1v) is 8.89. The Kier molecular flexibility index (Phi) is 5.04. The third kappa shape index (κ3) is 4.17. The maximum absolute atomic E-state index is 12.5. The second-order valence-electron chi connectivity index (χ2n) is 6.20. The molecule has 3 rings (SSSR count). The molecular formula is C20H20BrN3O. The van der Waals surface area contributed by atoms with Gasteiger partial charge in [-0.3, -0.25) is 9.48 Å². The van der Waals surface area contributed by atoms with Crippen LogP contribution in [0, 0.1) is 20.8 Å². The fourth-order valence-corrected chi connectivity index (χ4v) is 3.07. The number of benzene rings is 2. The molecule has 0 bridgehead atoms. The van der Waals surface area contributed by atoms with Crippen molar-refractivity contribution in [3.63, 3.8) is 0 Å². The highest BCUT2D eigenvalue weighted by atomic mass is 79.9. The van der Waals surface area contributed by atoms with Crippen LogP contribution < -0.4 is 5.32 Å². The third-order valence-corrected chi connectivity index (χ3v) is 4.91. The van der Waals surface area contributed by atoms with Crippen LogP contribution in [0.15, 0.2) is 53.0 Å². The summed E-state index contributed by atoms with van der Waals surface area (Å²) in [5.74, 6) is -0.119. The lowest BCUT2D eigenvalue weighted by atomic mass is 10.1. The molecule has 0 aliphatic carbocycles. The average molecular weight is 398 g/mol. The van der Waals surface area contributed by atoms with E-state index in [1.165, 1.54) is 0 Å². The van der Waals surface area contributed by atoms with Crippen LogP contribution in [-0.2, 0) is 6.54 Å². The Morgan fingerprint density at radius 2 is 1.92 bits per heavy atom. The molecule has 25 heavy (non-hydrogen) atoms. The Bertz CT molecular complexity index is 930. The van der Waals surface area contributed by atoms with Crippen molar-refractivity contribution >= 4 is 27.5 Å². The van der Waals surface area contributed by atoms with E-state index in [2.05, 4.69) is 26.3 Å². The zero-order valence-corrected chi connectivity index (χ0v) is 16.1. The standard InChI is InChI=1S/C20H20BrN3O/c1-13-7-8-18(11-19(13)21)22-20(25)17-6-4-5-16(10-17)12-24-15(3)9-14(2)23-24/h4-11H,12H2,1-3H3,(H,22,25). The van der Waals surface area contributed by atoms with E-state index in [1.807, 2.05) is 74.0 Å². The summed E-state index contributed by atoms with van der Waals surface area (Å²) in [6, 6.07) is 15.5. The minimum absolute atomic E-state index is 0.119. The fourth-order valence-electron chi connectivity index (χ4n) is 2.69. The van der Waals surface area contributed by atoms with Crippen molar-refractivity contribution in [2.75, 3.05) is 5.32 Å². The summed E-state index contributed by atoms with van der Waals surface area (Å²) in [7, 11) is 0. The Labute approximate surface area is 156 Å². The molecule has 3 aromatic rings. The van der Waals surface area contributed by atoms with Gasteiger partial charge in [0.05, 0.1) is 12.2 Å². The molecule has 0 fully saturated rings. The number of aryl methyl sites for hydroxylation is 3. The number of nitrogens with zero attached hydrogens (tertiary/aromatic N) is 2. The lowest BCUT2D eigenvalue weighted by Gasteiger charge is -2.09. The maximum Gasteiger partial charge on any atom is 0.255 e. The van der Waals surface area contributed by atoms with Crippen molar-refractivity contribution in [3.8, 4) is 0 Å². The lowest BCUT2D eigenvalue weighted by molar-refractivity contribution is 0.102. The van der Waals surface area contributed by atoms with Crippen LogP contribution in [-0.4, -0.2) is 15.7 Å². The first-order chi connectivity index (χ1) is 11.9. The molecule has 1 amide bonds. The number of aromatic nitrogens is 2. The van der Waals surface area contributed by atoms with E-state index in [0.717, 1.165) is 32.7 Å². The highest BCUT2D eigenvalue weighted by Gasteiger charge is 2.09. The number of carbonyl (C=O) groups is 1. The van der Waals surface area contributed by atoms with Gasteiger partial charge in [-0.05, 0) is 62.2 Å². The second-order valence-corrected chi connectivity index (χ2v) is 7.06. The van der Waals surface area contributed by atoms with Gasteiger partial charge in [-0.1, -0.05) is 34.1 Å². The lowest BCUT2D eigenvalue weighted by Crippen LogP contribution is -2.13. The molecular weight excluding hydrogens is 378 g/mol. The summed E-state index contributed by atoms with van der Waals surface area (Å²) in [5.41, 5.74) is 5.68. The summed E-state index contributed by atoms with van der Waals surface area (Å²) in [6.07, 6.45) is 0. The number of rotatable bonds is 4. The van der Waals surface area contributed by atoms with Crippen molar-refractivity contribution in [2.45, 2.75) is 27.3 Å². The first kappa shape index (κ1) is 17.4. The predicted octanol–water partition coefficient (Wildman–Crippen LogP) is 4.87. The zero-order chi connectivity index (χ0) is 18.0. The molecule has 128 valence electrons. The summed E-state index contributed by atoms with van der Waals surface area (Å²) in [4.78, 5) is 12.5. The molecule has 0 aliphatic heterocycles. The second kappa shape index (κ2) is 7.23.